The number of likely N-dealkylation sites (tertiary alicyclic amines) is 2. The van der Waals surface area contributed by atoms with Crippen LogP contribution >= 0.6 is 11.3 Å². The molecule has 8 nitrogen and oxygen atoms in total. The van der Waals surface area contributed by atoms with Gasteiger partial charge in [-0.1, -0.05) is 5.21 Å². The normalized spacial score (nSPS) is 20.8. The summed E-state index contributed by atoms with van der Waals surface area (Å²) in [7, 11) is 0. The lowest BCUT2D eigenvalue weighted by molar-refractivity contribution is -0.0834. The summed E-state index contributed by atoms with van der Waals surface area (Å²) in [6.07, 6.45) is 1.52. The van der Waals surface area contributed by atoms with Crippen molar-refractivity contribution in [3.8, 4) is 0 Å². The first kappa shape index (κ1) is 18.1. The molecule has 2 aliphatic heterocycles. The quantitative estimate of drug-likeness (QED) is 0.690. The Morgan fingerprint density at radius 1 is 1.28 bits per heavy atom. The zero-order valence-electron chi connectivity index (χ0n) is 15.7. The van der Waals surface area contributed by atoms with Crippen molar-refractivity contribution in [2.24, 2.45) is 5.41 Å². The number of rotatable bonds is 3. The molecule has 5 rings (SSSR count). The molecule has 1 unspecified atom stereocenters. The summed E-state index contributed by atoms with van der Waals surface area (Å²) in [5, 5.41) is 24.1. The van der Waals surface area contributed by atoms with Crippen molar-refractivity contribution in [1.82, 2.24) is 25.2 Å². The van der Waals surface area contributed by atoms with Crippen LogP contribution in [0.3, 0.4) is 0 Å². The molecule has 1 aromatic carbocycles. The molecule has 2 saturated heterocycles. The molecule has 1 spiro atoms. The van der Waals surface area contributed by atoms with E-state index in [1.807, 2.05) is 17.0 Å². The highest BCUT2D eigenvalue weighted by atomic mass is 32.1. The van der Waals surface area contributed by atoms with Crippen molar-refractivity contribution >= 4 is 34.4 Å². The second kappa shape index (κ2) is 6.84. The monoisotopic (exact) mass is 411 g/mol. The summed E-state index contributed by atoms with van der Waals surface area (Å²) in [5.41, 5.74) is 3.30. The lowest BCUT2D eigenvalue weighted by Gasteiger charge is -2.60. The highest BCUT2D eigenvalue weighted by molar-refractivity contribution is 7.07. The SMILES string of the molecule is O=C(O)N1CCC2(CC1)CN(C(=O)c1ccc3[nH]nnc3c1)C2Cc1ccsc1. The number of hydrogen-bond donors (Lipinski definition) is 2. The number of aromatic amines is 1. The van der Waals surface area contributed by atoms with E-state index in [-0.39, 0.29) is 17.4 Å². The third kappa shape index (κ3) is 3.05. The van der Waals surface area contributed by atoms with E-state index in [1.54, 1.807) is 17.4 Å². The number of amides is 2. The Bertz CT molecular complexity index is 1060. The average Bonchev–Trinajstić information content (AvgIpc) is 3.41. The molecular formula is C20H21N5O3S. The Labute approximate surface area is 171 Å². The van der Waals surface area contributed by atoms with Crippen LogP contribution in [0.5, 0.6) is 0 Å². The number of nitrogens with zero attached hydrogens (tertiary/aromatic N) is 4. The molecular weight excluding hydrogens is 390 g/mol. The summed E-state index contributed by atoms with van der Waals surface area (Å²) in [4.78, 5) is 28.0. The van der Waals surface area contributed by atoms with Crippen LogP contribution in [0.25, 0.3) is 11.0 Å². The zero-order chi connectivity index (χ0) is 20.0. The van der Waals surface area contributed by atoms with E-state index in [1.165, 1.54) is 10.5 Å². The number of piperidine rings is 1. The Morgan fingerprint density at radius 3 is 2.83 bits per heavy atom. The van der Waals surface area contributed by atoms with Gasteiger partial charge in [-0.25, -0.2) is 4.79 Å². The summed E-state index contributed by atoms with van der Waals surface area (Å²) in [6, 6.07) is 7.60. The number of benzene rings is 1. The molecule has 0 bridgehead atoms. The smallest absolute Gasteiger partial charge is 0.407 e. The maximum atomic E-state index is 13.3. The predicted molar refractivity (Wildman–Crippen MR) is 108 cm³/mol. The molecule has 150 valence electrons. The van der Waals surface area contributed by atoms with Crippen molar-refractivity contribution < 1.29 is 14.7 Å². The van der Waals surface area contributed by atoms with Gasteiger partial charge in [-0.2, -0.15) is 11.3 Å². The fourth-order valence-corrected chi connectivity index (χ4v) is 5.40. The van der Waals surface area contributed by atoms with Gasteiger partial charge >= 0.3 is 6.09 Å². The van der Waals surface area contributed by atoms with Crippen LogP contribution < -0.4 is 0 Å². The summed E-state index contributed by atoms with van der Waals surface area (Å²) in [6.45, 7) is 1.73. The number of fused-ring (bicyclic) bond motifs is 1. The van der Waals surface area contributed by atoms with Gasteiger partial charge in [0.05, 0.1) is 5.52 Å². The van der Waals surface area contributed by atoms with Gasteiger partial charge in [0.15, 0.2) is 0 Å². The molecule has 2 N–H and O–H groups in total. The van der Waals surface area contributed by atoms with Crippen molar-refractivity contribution in [3.63, 3.8) is 0 Å². The maximum absolute atomic E-state index is 13.3. The van der Waals surface area contributed by atoms with E-state index in [0.717, 1.165) is 24.8 Å². The fourth-order valence-electron chi connectivity index (χ4n) is 4.72. The van der Waals surface area contributed by atoms with Crippen LogP contribution in [0, 0.1) is 5.41 Å². The number of hydrogen-bond acceptors (Lipinski definition) is 5. The Kier molecular flexibility index (Phi) is 4.27. The van der Waals surface area contributed by atoms with E-state index in [4.69, 9.17) is 0 Å². The molecule has 3 aromatic rings. The van der Waals surface area contributed by atoms with Crippen LogP contribution in [0.15, 0.2) is 35.0 Å². The Hall–Kier alpha value is -2.94. The summed E-state index contributed by atoms with van der Waals surface area (Å²) in [5.74, 6) is 0.00131. The van der Waals surface area contributed by atoms with Gasteiger partial charge in [-0.05, 0) is 59.9 Å². The molecule has 2 amide bonds. The van der Waals surface area contributed by atoms with Crippen LogP contribution in [0.2, 0.25) is 0 Å². The first-order chi connectivity index (χ1) is 14.1. The van der Waals surface area contributed by atoms with E-state index >= 15 is 0 Å². The van der Waals surface area contributed by atoms with Crippen molar-refractivity contribution in [3.05, 3.63) is 46.2 Å². The van der Waals surface area contributed by atoms with Gasteiger partial charge in [0, 0.05) is 36.7 Å². The van der Waals surface area contributed by atoms with Crippen LogP contribution in [-0.4, -0.2) is 68.0 Å². The maximum Gasteiger partial charge on any atom is 0.407 e. The Morgan fingerprint density at radius 2 is 2.10 bits per heavy atom. The van der Waals surface area contributed by atoms with Crippen LogP contribution in [0.1, 0.15) is 28.8 Å². The molecule has 2 aliphatic rings. The number of nitrogens with one attached hydrogen (secondary N) is 1. The number of carbonyl (C=O) groups excluding carboxylic acids is 1. The van der Waals surface area contributed by atoms with Crippen LogP contribution in [0.4, 0.5) is 4.79 Å². The standard InChI is InChI=1S/C20H21N5O3S/c26-18(14-1-2-15-16(10-14)22-23-21-15)25-12-20(4-6-24(7-5-20)19(27)28)17(25)9-13-3-8-29-11-13/h1-3,8,10-11,17H,4-7,9,12H2,(H,27,28)(H,21,22,23). The van der Waals surface area contributed by atoms with E-state index in [9.17, 15) is 14.7 Å². The molecule has 0 aliphatic carbocycles. The third-order valence-corrected chi connectivity index (χ3v) is 7.17. The molecule has 0 saturated carbocycles. The minimum absolute atomic E-state index is 0.00131. The molecule has 1 atom stereocenters. The van der Waals surface area contributed by atoms with Gasteiger partial charge in [-0.3, -0.25) is 9.89 Å². The Balaban J connectivity index is 1.40. The highest BCUT2D eigenvalue weighted by Gasteiger charge is 2.55. The van der Waals surface area contributed by atoms with Crippen molar-refractivity contribution in [2.45, 2.75) is 25.3 Å². The summed E-state index contributed by atoms with van der Waals surface area (Å²) >= 11 is 1.66. The van der Waals surface area contributed by atoms with E-state index < -0.39 is 6.09 Å². The molecule has 0 radical (unpaired) electrons. The molecule has 29 heavy (non-hydrogen) atoms. The molecule has 2 aromatic heterocycles. The zero-order valence-corrected chi connectivity index (χ0v) is 16.6. The lowest BCUT2D eigenvalue weighted by atomic mass is 9.63. The fraction of sp³-hybridized carbons (Fsp3) is 0.400. The second-order valence-corrected chi connectivity index (χ2v) is 8.74. The second-order valence-electron chi connectivity index (χ2n) is 7.96. The van der Waals surface area contributed by atoms with E-state index in [0.29, 0.717) is 30.7 Å². The van der Waals surface area contributed by atoms with Gasteiger partial charge in [0.25, 0.3) is 5.91 Å². The first-order valence-corrected chi connectivity index (χ1v) is 10.6. The number of carboxylic acid groups (broad SMARTS) is 1. The number of H-pyrrole nitrogens is 1. The molecule has 2 fully saturated rings. The van der Waals surface area contributed by atoms with Crippen molar-refractivity contribution in [2.75, 3.05) is 19.6 Å². The molecule has 9 heteroatoms. The largest absolute Gasteiger partial charge is 0.465 e. The lowest BCUT2D eigenvalue weighted by Crippen LogP contribution is -2.69. The minimum Gasteiger partial charge on any atom is -0.465 e. The predicted octanol–water partition coefficient (Wildman–Crippen LogP) is 2.85. The minimum atomic E-state index is -0.859. The van der Waals surface area contributed by atoms with Gasteiger partial charge < -0.3 is 14.9 Å². The number of aromatic nitrogens is 3. The van der Waals surface area contributed by atoms with Crippen molar-refractivity contribution in [1.29, 1.82) is 0 Å². The van der Waals surface area contributed by atoms with Gasteiger partial charge in [-0.15, -0.1) is 5.10 Å². The van der Waals surface area contributed by atoms with Gasteiger partial charge in [0.2, 0.25) is 0 Å². The van der Waals surface area contributed by atoms with Crippen LogP contribution in [-0.2, 0) is 6.42 Å². The highest BCUT2D eigenvalue weighted by Crippen LogP contribution is 2.48. The molecule has 4 heterocycles. The average molecular weight is 411 g/mol. The third-order valence-electron chi connectivity index (χ3n) is 6.44. The first-order valence-electron chi connectivity index (χ1n) is 9.66. The number of thiophene rings is 1. The van der Waals surface area contributed by atoms with E-state index in [2.05, 4.69) is 32.2 Å². The van der Waals surface area contributed by atoms with Gasteiger partial charge in [0.1, 0.15) is 5.52 Å². The number of carbonyl (C=O) groups is 2. The summed E-state index contributed by atoms with van der Waals surface area (Å²) < 4.78 is 0. The topological polar surface area (TPSA) is 102 Å².